The molecule has 0 aliphatic carbocycles. The highest BCUT2D eigenvalue weighted by Gasteiger charge is 2.46. The van der Waals surface area contributed by atoms with Gasteiger partial charge in [-0.15, -0.1) is 0 Å². The van der Waals surface area contributed by atoms with Gasteiger partial charge in [-0.1, -0.05) is 41.5 Å². The van der Waals surface area contributed by atoms with Crippen molar-refractivity contribution in [2.24, 2.45) is 22.7 Å². The van der Waals surface area contributed by atoms with Crippen LogP contribution in [0.3, 0.4) is 0 Å². The summed E-state index contributed by atoms with van der Waals surface area (Å²) in [6, 6.07) is -1.62. The Bertz CT molecular complexity index is 656. The van der Waals surface area contributed by atoms with Crippen LogP contribution in [0.4, 0.5) is 0 Å². The third kappa shape index (κ3) is 5.32. The molecule has 30 heavy (non-hydrogen) atoms. The van der Waals surface area contributed by atoms with Crippen molar-refractivity contribution in [2.45, 2.75) is 79.3 Å². The lowest BCUT2D eigenvalue weighted by molar-refractivity contribution is -0.150. The Morgan fingerprint density at radius 3 is 1.33 bits per heavy atom. The minimum atomic E-state index is -0.985. The van der Waals surface area contributed by atoms with Crippen LogP contribution >= 0.6 is 0 Å². The number of amides is 2. The van der Waals surface area contributed by atoms with Crippen molar-refractivity contribution >= 4 is 23.8 Å². The van der Waals surface area contributed by atoms with Crippen molar-refractivity contribution in [3.8, 4) is 0 Å². The quantitative estimate of drug-likeness (QED) is 0.649. The number of carbonyl (C=O) groups is 4. The van der Waals surface area contributed by atoms with Crippen LogP contribution in [-0.2, 0) is 19.2 Å². The highest BCUT2D eigenvalue weighted by atomic mass is 16.4. The second kappa shape index (κ2) is 8.55. The molecule has 2 heterocycles. The Hall–Kier alpha value is -2.12. The number of aliphatic carboxylic acids is 2. The predicted octanol–water partition coefficient (Wildman–Crippen LogP) is 2.46. The highest BCUT2D eigenvalue weighted by Crippen LogP contribution is 2.37. The van der Waals surface area contributed by atoms with E-state index < -0.39 is 35.9 Å². The van der Waals surface area contributed by atoms with Gasteiger partial charge in [0.25, 0.3) is 0 Å². The van der Waals surface area contributed by atoms with Crippen LogP contribution in [0, 0.1) is 22.7 Å². The molecule has 2 fully saturated rings. The molecule has 170 valence electrons. The van der Waals surface area contributed by atoms with Gasteiger partial charge in [0.2, 0.25) is 11.8 Å². The van der Waals surface area contributed by atoms with E-state index in [1.165, 1.54) is 9.80 Å². The molecule has 2 amide bonds. The normalized spacial score (nSPS) is 27.0. The first kappa shape index (κ1) is 24.2. The number of carbonyl (C=O) groups excluding carboxylic acids is 2. The maximum atomic E-state index is 12.9. The van der Waals surface area contributed by atoms with Crippen molar-refractivity contribution in [2.75, 3.05) is 13.1 Å². The zero-order chi connectivity index (χ0) is 23.0. The van der Waals surface area contributed by atoms with Crippen LogP contribution in [-0.4, -0.2) is 68.9 Å². The van der Waals surface area contributed by atoms with Gasteiger partial charge >= 0.3 is 11.9 Å². The fourth-order valence-corrected chi connectivity index (χ4v) is 4.76. The topological polar surface area (TPSA) is 115 Å². The van der Waals surface area contributed by atoms with Crippen LogP contribution in [0.1, 0.15) is 67.2 Å². The fourth-order valence-electron chi connectivity index (χ4n) is 4.76. The Morgan fingerprint density at radius 2 is 1.07 bits per heavy atom. The lowest BCUT2D eigenvalue weighted by Crippen LogP contribution is -2.44. The number of likely N-dealkylation sites (tertiary alicyclic amines) is 2. The van der Waals surface area contributed by atoms with E-state index >= 15 is 0 Å². The smallest absolute Gasteiger partial charge is 0.326 e. The minimum Gasteiger partial charge on any atom is -0.480 e. The standard InChI is InChI=1S/C22H36N2O6/c1-13(17(25)23-11-21(3,4)9-15(23)19(27)28)7-8-14(2)18(26)24-12-22(5,6)10-16(24)20(29)30/h13-16H,7-12H2,1-6H3,(H,27,28)(H,29,30). The van der Waals surface area contributed by atoms with E-state index in [4.69, 9.17) is 0 Å². The molecular weight excluding hydrogens is 388 g/mol. The van der Waals surface area contributed by atoms with Gasteiger partial charge in [0.15, 0.2) is 0 Å². The van der Waals surface area contributed by atoms with Crippen molar-refractivity contribution in [1.29, 1.82) is 0 Å². The molecule has 0 saturated carbocycles. The predicted molar refractivity (Wildman–Crippen MR) is 111 cm³/mol. The fraction of sp³-hybridized carbons (Fsp3) is 0.818. The lowest BCUT2D eigenvalue weighted by atomic mass is 9.91. The summed E-state index contributed by atoms with van der Waals surface area (Å²) in [5.74, 6) is -3.17. The van der Waals surface area contributed by atoms with Crippen molar-refractivity contribution in [3.05, 3.63) is 0 Å². The van der Waals surface area contributed by atoms with Crippen molar-refractivity contribution in [1.82, 2.24) is 9.80 Å². The SMILES string of the molecule is CC(CCC(C)C(=O)N1CC(C)(C)CC1C(=O)O)C(=O)N1CC(C)(C)CC1C(=O)O. The van der Waals surface area contributed by atoms with Crippen molar-refractivity contribution in [3.63, 3.8) is 0 Å². The number of hydrogen-bond acceptors (Lipinski definition) is 4. The van der Waals surface area contributed by atoms with Gasteiger partial charge < -0.3 is 20.0 Å². The van der Waals surface area contributed by atoms with Crippen LogP contribution in [0.5, 0.6) is 0 Å². The molecule has 4 unspecified atom stereocenters. The molecule has 0 aromatic carbocycles. The third-order valence-corrected chi connectivity index (χ3v) is 6.45. The van der Waals surface area contributed by atoms with E-state index in [1.807, 2.05) is 27.7 Å². The van der Waals surface area contributed by atoms with E-state index in [-0.39, 0.29) is 22.6 Å². The Balaban J connectivity index is 1.97. The summed E-state index contributed by atoms with van der Waals surface area (Å²) in [4.78, 5) is 51.9. The van der Waals surface area contributed by atoms with E-state index in [9.17, 15) is 29.4 Å². The summed E-state index contributed by atoms with van der Waals surface area (Å²) in [5.41, 5.74) is -0.480. The molecule has 0 aromatic heterocycles. The number of carboxylic acid groups (broad SMARTS) is 2. The molecule has 0 aromatic rings. The molecule has 2 saturated heterocycles. The Labute approximate surface area is 178 Å². The first-order chi connectivity index (χ1) is 13.6. The molecule has 0 radical (unpaired) electrons. The van der Waals surface area contributed by atoms with Gasteiger partial charge in [-0.25, -0.2) is 9.59 Å². The van der Waals surface area contributed by atoms with Gasteiger partial charge in [-0.3, -0.25) is 9.59 Å². The van der Waals surface area contributed by atoms with Gasteiger partial charge in [-0.2, -0.15) is 0 Å². The first-order valence-electron chi connectivity index (χ1n) is 10.7. The van der Waals surface area contributed by atoms with E-state index in [1.54, 1.807) is 13.8 Å². The maximum absolute atomic E-state index is 12.9. The molecule has 2 rings (SSSR count). The molecular formula is C22H36N2O6. The average Bonchev–Trinajstić information content (AvgIpc) is 3.13. The molecule has 8 nitrogen and oxygen atoms in total. The van der Waals surface area contributed by atoms with Gasteiger partial charge in [0.1, 0.15) is 12.1 Å². The molecule has 0 bridgehead atoms. The first-order valence-corrected chi connectivity index (χ1v) is 10.7. The maximum Gasteiger partial charge on any atom is 0.326 e. The third-order valence-electron chi connectivity index (χ3n) is 6.45. The summed E-state index contributed by atoms with van der Waals surface area (Å²) in [6.07, 6.45) is 1.75. The number of rotatable bonds is 7. The molecule has 2 N–H and O–H groups in total. The molecule has 0 spiro atoms. The molecule has 2 aliphatic heterocycles. The van der Waals surface area contributed by atoms with Crippen LogP contribution in [0.25, 0.3) is 0 Å². The minimum absolute atomic E-state index is 0.196. The summed E-state index contributed by atoms with van der Waals surface area (Å²) >= 11 is 0. The van der Waals surface area contributed by atoms with E-state index in [2.05, 4.69) is 0 Å². The van der Waals surface area contributed by atoms with Crippen LogP contribution < -0.4 is 0 Å². The summed E-state index contributed by atoms with van der Waals surface area (Å²) in [7, 11) is 0. The van der Waals surface area contributed by atoms with Gasteiger partial charge in [0, 0.05) is 24.9 Å². The number of carboxylic acids is 2. The molecule has 4 atom stereocenters. The lowest BCUT2D eigenvalue weighted by Gasteiger charge is -2.28. The second-order valence-electron chi connectivity index (χ2n) is 10.8. The highest BCUT2D eigenvalue weighted by molar-refractivity contribution is 5.87. The summed E-state index contributed by atoms with van der Waals surface area (Å²) in [6.45, 7) is 12.2. The number of nitrogens with zero attached hydrogens (tertiary/aromatic N) is 2. The second-order valence-corrected chi connectivity index (χ2v) is 10.8. The van der Waals surface area contributed by atoms with E-state index in [0.29, 0.717) is 38.8 Å². The average molecular weight is 425 g/mol. The molecule has 8 heteroatoms. The number of hydrogen-bond donors (Lipinski definition) is 2. The molecule has 2 aliphatic rings. The van der Waals surface area contributed by atoms with Crippen molar-refractivity contribution < 1.29 is 29.4 Å². The van der Waals surface area contributed by atoms with Gasteiger partial charge in [0.05, 0.1) is 0 Å². The summed E-state index contributed by atoms with van der Waals surface area (Å²) in [5, 5.41) is 19.0. The Morgan fingerprint density at radius 1 is 0.767 bits per heavy atom. The van der Waals surface area contributed by atoms with Crippen LogP contribution in [0.2, 0.25) is 0 Å². The zero-order valence-electron chi connectivity index (χ0n) is 19.0. The van der Waals surface area contributed by atoms with Crippen LogP contribution in [0.15, 0.2) is 0 Å². The zero-order valence-corrected chi connectivity index (χ0v) is 19.0. The monoisotopic (exact) mass is 424 g/mol. The van der Waals surface area contributed by atoms with E-state index in [0.717, 1.165) is 0 Å². The summed E-state index contributed by atoms with van der Waals surface area (Å²) < 4.78 is 0. The van der Waals surface area contributed by atoms with Gasteiger partial charge in [-0.05, 0) is 36.5 Å². The largest absolute Gasteiger partial charge is 0.480 e. The Kier molecular flexibility index (Phi) is 6.89.